The number of aromatic nitrogens is 2. The summed E-state index contributed by atoms with van der Waals surface area (Å²) in [7, 11) is 0. The number of carbonyl (C=O) groups is 1. The second kappa shape index (κ2) is 6.08. The molecule has 1 atom stereocenters. The SMILES string of the molecule is O=C(c1c[nH]c2ncccc12)N1CCSC[C@@H]1c1ccccc1. The number of pyridine rings is 1. The predicted molar refractivity (Wildman–Crippen MR) is 93.6 cm³/mol. The number of fused-ring (bicyclic) bond motifs is 1. The highest BCUT2D eigenvalue weighted by molar-refractivity contribution is 7.99. The number of amides is 1. The van der Waals surface area contributed by atoms with Crippen LogP contribution in [0.5, 0.6) is 0 Å². The quantitative estimate of drug-likeness (QED) is 0.785. The number of H-pyrrole nitrogens is 1. The normalized spacial score (nSPS) is 18.3. The number of hydrogen-bond acceptors (Lipinski definition) is 3. The highest BCUT2D eigenvalue weighted by Crippen LogP contribution is 2.31. The highest BCUT2D eigenvalue weighted by atomic mass is 32.2. The summed E-state index contributed by atoms with van der Waals surface area (Å²) in [6, 6.07) is 14.2. The van der Waals surface area contributed by atoms with Crippen LogP contribution >= 0.6 is 11.8 Å². The maximum Gasteiger partial charge on any atom is 0.256 e. The summed E-state index contributed by atoms with van der Waals surface area (Å²) in [6.45, 7) is 0.774. The van der Waals surface area contributed by atoms with E-state index < -0.39 is 0 Å². The smallest absolute Gasteiger partial charge is 0.256 e. The fourth-order valence-corrected chi connectivity index (χ4v) is 4.17. The number of nitrogens with one attached hydrogen (secondary N) is 1. The average Bonchev–Trinajstić information content (AvgIpc) is 3.06. The van der Waals surface area contributed by atoms with E-state index in [-0.39, 0.29) is 11.9 Å². The van der Waals surface area contributed by atoms with Crippen LogP contribution in [0, 0.1) is 0 Å². The topological polar surface area (TPSA) is 49.0 Å². The van der Waals surface area contributed by atoms with Gasteiger partial charge in [-0.3, -0.25) is 4.79 Å². The number of carbonyl (C=O) groups excluding carboxylic acids is 1. The van der Waals surface area contributed by atoms with E-state index in [0.29, 0.717) is 5.56 Å². The van der Waals surface area contributed by atoms with E-state index >= 15 is 0 Å². The van der Waals surface area contributed by atoms with Gasteiger partial charge in [-0.25, -0.2) is 4.98 Å². The average molecular weight is 323 g/mol. The third-order valence-electron chi connectivity index (χ3n) is 4.26. The molecule has 1 N–H and O–H groups in total. The number of nitrogens with zero attached hydrogens (tertiary/aromatic N) is 2. The van der Waals surface area contributed by atoms with Gasteiger partial charge in [0.1, 0.15) is 5.65 Å². The van der Waals surface area contributed by atoms with Crippen molar-refractivity contribution in [2.45, 2.75) is 6.04 Å². The molecular weight excluding hydrogens is 306 g/mol. The minimum atomic E-state index is 0.0819. The number of rotatable bonds is 2. The zero-order valence-corrected chi connectivity index (χ0v) is 13.4. The highest BCUT2D eigenvalue weighted by Gasteiger charge is 2.30. The molecule has 4 rings (SSSR count). The Kier molecular flexibility index (Phi) is 3.79. The van der Waals surface area contributed by atoms with Crippen molar-refractivity contribution < 1.29 is 4.79 Å². The number of benzene rings is 1. The van der Waals surface area contributed by atoms with Gasteiger partial charge in [0.2, 0.25) is 0 Å². The van der Waals surface area contributed by atoms with Gasteiger partial charge in [-0.05, 0) is 17.7 Å². The van der Waals surface area contributed by atoms with Crippen molar-refractivity contribution in [3.63, 3.8) is 0 Å². The molecule has 1 amide bonds. The first-order valence-electron chi connectivity index (χ1n) is 7.70. The molecule has 0 radical (unpaired) electrons. The molecule has 1 saturated heterocycles. The molecule has 116 valence electrons. The lowest BCUT2D eigenvalue weighted by Crippen LogP contribution is -2.40. The molecule has 0 saturated carbocycles. The van der Waals surface area contributed by atoms with E-state index in [1.165, 1.54) is 5.56 Å². The van der Waals surface area contributed by atoms with Crippen molar-refractivity contribution in [3.05, 3.63) is 66.0 Å². The van der Waals surface area contributed by atoms with Gasteiger partial charge < -0.3 is 9.88 Å². The molecular formula is C18H17N3OS. The summed E-state index contributed by atoms with van der Waals surface area (Å²) in [6.07, 6.45) is 3.52. The van der Waals surface area contributed by atoms with Crippen molar-refractivity contribution >= 4 is 28.7 Å². The Hall–Kier alpha value is -2.27. The van der Waals surface area contributed by atoms with Crippen LogP contribution in [-0.4, -0.2) is 38.8 Å². The van der Waals surface area contributed by atoms with Crippen LogP contribution in [0.4, 0.5) is 0 Å². The summed E-state index contributed by atoms with van der Waals surface area (Å²) < 4.78 is 0. The first-order valence-corrected chi connectivity index (χ1v) is 8.86. The largest absolute Gasteiger partial charge is 0.345 e. The number of thioether (sulfide) groups is 1. The van der Waals surface area contributed by atoms with Crippen LogP contribution in [-0.2, 0) is 0 Å². The Morgan fingerprint density at radius 1 is 1.22 bits per heavy atom. The summed E-state index contributed by atoms with van der Waals surface area (Å²) in [4.78, 5) is 22.5. The van der Waals surface area contributed by atoms with E-state index in [1.807, 2.05) is 47.0 Å². The van der Waals surface area contributed by atoms with Crippen LogP contribution in [0.15, 0.2) is 54.9 Å². The minimum Gasteiger partial charge on any atom is -0.345 e. The molecule has 1 fully saturated rings. The summed E-state index contributed by atoms with van der Waals surface area (Å²) in [5.41, 5.74) is 2.67. The molecule has 1 aliphatic rings. The molecule has 3 aromatic rings. The van der Waals surface area contributed by atoms with E-state index in [9.17, 15) is 4.79 Å². The molecule has 2 aromatic heterocycles. The van der Waals surface area contributed by atoms with Gasteiger partial charge in [0.15, 0.2) is 0 Å². The molecule has 23 heavy (non-hydrogen) atoms. The van der Waals surface area contributed by atoms with Gasteiger partial charge in [0.25, 0.3) is 5.91 Å². The van der Waals surface area contributed by atoms with Gasteiger partial charge >= 0.3 is 0 Å². The summed E-state index contributed by atoms with van der Waals surface area (Å²) >= 11 is 1.91. The van der Waals surface area contributed by atoms with Crippen molar-refractivity contribution in [2.75, 3.05) is 18.1 Å². The molecule has 5 heteroatoms. The maximum absolute atomic E-state index is 13.1. The molecule has 3 heterocycles. The van der Waals surface area contributed by atoms with Gasteiger partial charge in [0.05, 0.1) is 11.6 Å². The molecule has 0 bridgehead atoms. The minimum absolute atomic E-state index is 0.0819. The van der Waals surface area contributed by atoms with Crippen LogP contribution in [0.1, 0.15) is 22.0 Å². The first-order chi connectivity index (χ1) is 11.3. The molecule has 1 aliphatic heterocycles. The summed E-state index contributed by atoms with van der Waals surface area (Å²) in [5.74, 6) is 2.00. The molecule has 1 aromatic carbocycles. The Balaban J connectivity index is 1.71. The van der Waals surface area contributed by atoms with E-state index in [2.05, 4.69) is 22.1 Å². The van der Waals surface area contributed by atoms with Crippen molar-refractivity contribution in [1.82, 2.24) is 14.9 Å². The molecule has 0 aliphatic carbocycles. The van der Waals surface area contributed by atoms with E-state index in [0.717, 1.165) is 29.1 Å². The fraction of sp³-hybridized carbons (Fsp3) is 0.222. The standard InChI is InChI=1S/C18H17N3OS/c22-18(15-11-20-17-14(15)7-4-8-19-17)21-9-10-23-12-16(21)13-5-2-1-3-6-13/h1-8,11,16H,9-10,12H2,(H,19,20)/t16-/m1/s1. The van der Waals surface area contributed by atoms with E-state index in [1.54, 1.807) is 12.4 Å². The first kappa shape index (κ1) is 14.3. The lowest BCUT2D eigenvalue weighted by molar-refractivity contribution is 0.0703. The van der Waals surface area contributed by atoms with Gasteiger partial charge in [-0.1, -0.05) is 30.3 Å². The van der Waals surface area contributed by atoms with Gasteiger partial charge in [-0.2, -0.15) is 11.8 Å². The summed E-state index contributed by atoms with van der Waals surface area (Å²) in [5, 5.41) is 0.891. The van der Waals surface area contributed by atoms with Gasteiger partial charge in [-0.15, -0.1) is 0 Å². The Morgan fingerprint density at radius 3 is 2.96 bits per heavy atom. The third kappa shape index (κ3) is 2.61. The zero-order valence-electron chi connectivity index (χ0n) is 12.6. The molecule has 0 unspecified atom stereocenters. The fourth-order valence-electron chi connectivity index (χ4n) is 3.09. The van der Waals surface area contributed by atoms with Crippen LogP contribution in [0.2, 0.25) is 0 Å². The molecule has 4 nitrogen and oxygen atoms in total. The van der Waals surface area contributed by atoms with E-state index in [4.69, 9.17) is 0 Å². The van der Waals surface area contributed by atoms with Gasteiger partial charge in [0, 0.05) is 35.8 Å². The zero-order chi connectivity index (χ0) is 15.6. The second-order valence-corrected chi connectivity index (χ2v) is 6.75. The molecule has 0 spiro atoms. The monoisotopic (exact) mass is 323 g/mol. The number of hydrogen-bond donors (Lipinski definition) is 1. The van der Waals surface area contributed by atoms with Crippen LogP contribution in [0.3, 0.4) is 0 Å². The lowest BCUT2D eigenvalue weighted by atomic mass is 10.1. The van der Waals surface area contributed by atoms with Crippen molar-refractivity contribution in [1.29, 1.82) is 0 Å². The van der Waals surface area contributed by atoms with Crippen molar-refractivity contribution in [2.24, 2.45) is 0 Å². The number of aromatic amines is 1. The third-order valence-corrected chi connectivity index (χ3v) is 5.28. The lowest BCUT2D eigenvalue weighted by Gasteiger charge is -2.35. The Morgan fingerprint density at radius 2 is 2.09 bits per heavy atom. The maximum atomic E-state index is 13.1. The Bertz CT molecular complexity index is 830. The van der Waals surface area contributed by atoms with Crippen LogP contribution < -0.4 is 0 Å². The predicted octanol–water partition coefficient (Wildman–Crippen LogP) is 3.49. The van der Waals surface area contributed by atoms with Crippen LogP contribution in [0.25, 0.3) is 11.0 Å². The second-order valence-electron chi connectivity index (χ2n) is 5.60. The Labute approximate surface area is 138 Å². The van der Waals surface area contributed by atoms with Crippen molar-refractivity contribution in [3.8, 4) is 0 Å².